The predicted octanol–water partition coefficient (Wildman–Crippen LogP) is 0.456. The van der Waals surface area contributed by atoms with Crippen LogP contribution >= 0.6 is 27.8 Å². The summed E-state index contributed by atoms with van der Waals surface area (Å²) in [5.74, 6) is 1.20. The highest BCUT2D eigenvalue weighted by Gasteiger charge is 2.60. The molecule has 6 N–H and O–H groups in total. The van der Waals surface area contributed by atoms with E-state index in [0.717, 1.165) is 25.0 Å². The van der Waals surface area contributed by atoms with Gasteiger partial charge < -0.3 is 30.0 Å². The van der Waals surface area contributed by atoms with E-state index in [2.05, 4.69) is 17.9 Å². The number of aliphatic hydroxyl groups is 1. The van der Waals surface area contributed by atoms with Crippen molar-refractivity contribution >= 4 is 27.8 Å². The molecule has 1 aliphatic heterocycles. The lowest BCUT2D eigenvalue weighted by Gasteiger charge is -2.36. The van der Waals surface area contributed by atoms with E-state index in [4.69, 9.17) is 19.6 Å². The Balaban J connectivity index is 2.68. The average Bonchev–Trinajstić information content (AvgIpc) is 2.35. The molecule has 0 spiro atoms. The van der Waals surface area contributed by atoms with Crippen molar-refractivity contribution in [1.82, 2.24) is 5.32 Å². The van der Waals surface area contributed by atoms with Crippen LogP contribution in [0.1, 0.15) is 32.1 Å². The van der Waals surface area contributed by atoms with Gasteiger partial charge in [0.25, 0.3) is 5.08 Å². The van der Waals surface area contributed by atoms with Crippen LogP contribution in [0.3, 0.4) is 0 Å². The van der Waals surface area contributed by atoms with E-state index in [0.29, 0.717) is 18.9 Å². The average molecular weight is 363 g/mol. The van der Waals surface area contributed by atoms with Crippen LogP contribution in [0.5, 0.6) is 0 Å². The summed E-state index contributed by atoms with van der Waals surface area (Å²) in [7, 11) is -10.7. The highest BCUT2D eigenvalue weighted by Crippen LogP contribution is 2.69. The van der Waals surface area contributed by atoms with Crippen molar-refractivity contribution in [3.05, 3.63) is 0 Å². The van der Waals surface area contributed by atoms with Gasteiger partial charge in [-0.2, -0.15) is 12.6 Å². The molecule has 0 aromatic heterocycles. The molecule has 1 heterocycles. The zero-order valence-corrected chi connectivity index (χ0v) is 14.2. The molecule has 2 unspecified atom stereocenters. The van der Waals surface area contributed by atoms with Crippen molar-refractivity contribution in [2.45, 2.75) is 43.2 Å². The lowest BCUT2D eigenvalue weighted by Crippen LogP contribution is -2.44. The van der Waals surface area contributed by atoms with E-state index < -0.39 is 32.7 Å². The van der Waals surface area contributed by atoms with Crippen LogP contribution in [0.15, 0.2) is 0 Å². The van der Waals surface area contributed by atoms with Crippen molar-refractivity contribution in [1.29, 1.82) is 0 Å². The number of piperidine rings is 1. The summed E-state index contributed by atoms with van der Waals surface area (Å²) in [5.41, 5.74) is 0. The fourth-order valence-corrected chi connectivity index (χ4v) is 4.97. The number of thiol groups is 1. The van der Waals surface area contributed by atoms with Crippen LogP contribution in [-0.4, -0.2) is 48.1 Å². The van der Waals surface area contributed by atoms with Crippen LogP contribution < -0.4 is 5.32 Å². The van der Waals surface area contributed by atoms with Gasteiger partial charge in [0.2, 0.25) is 0 Å². The third-order valence-electron chi connectivity index (χ3n) is 3.84. The molecule has 2 atom stereocenters. The molecule has 1 rings (SSSR count). The van der Waals surface area contributed by atoms with Crippen molar-refractivity contribution < 1.29 is 33.8 Å². The van der Waals surface area contributed by atoms with E-state index in [1.54, 1.807) is 0 Å². The summed E-state index contributed by atoms with van der Waals surface area (Å²) in [5, 5.41) is 9.55. The van der Waals surface area contributed by atoms with Gasteiger partial charge in [0.15, 0.2) is 0 Å². The van der Waals surface area contributed by atoms with Gasteiger partial charge >= 0.3 is 15.2 Å². The van der Waals surface area contributed by atoms with Crippen LogP contribution in [0, 0.1) is 5.92 Å². The van der Waals surface area contributed by atoms with Crippen molar-refractivity contribution in [2.24, 2.45) is 5.92 Å². The monoisotopic (exact) mass is 363 g/mol. The molecule has 11 heteroatoms. The maximum absolute atomic E-state index is 11.3. The Bertz CT molecular complexity index is 407. The minimum atomic E-state index is -5.37. The smallest absolute Gasteiger partial charge is 0.367 e. The van der Waals surface area contributed by atoms with Gasteiger partial charge in [-0.15, -0.1) is 0 Å². The number of hydrogen-bond donors (Lipinski definition) is 7. The van der Waals surface area contributed by atoms with Gasteiger partial charge in [-0.3, -0.25) is 9.13 Å². The highest BCUT2D eigenvalue weighted by molar-refractivity contribution is 7.80. The maximum Gasteiger partial charge on any atom is 0.369 e. The van der Waals surface area contributed by atoms with Gasteiger partial charge in [0, 0.05) is 12.5 Å². The van der Waals surface area contributed by atoms with Crippen molar-refractivity contribution in [3.63, 3.8) is 0 Å². The third-order valence-corrected chi connectivity index (χ3v) is 7.95. The molecular weight excluding hydrogens is 340 g/mol. The van der Waals surface area contributed by atoms with Crippen LogP contribution in [0.2, 0.25) is 0 Å². The minimum Gasteiger partial charge on any atom is -0.367 e. The first-order valence-corrected chi connectivity index (χ1v) is 10.5. The quantitative estimate of drug-likeness (QED) is 0.255. The number of hydrogen-bond acceptors (Lipinski definition) is 5. The first-order chi connectivity index (χ1) is 9.51. The fourth-order valence-electron chi connectivity index (χ4n) is 2.51. The molecule has 0 bridgehead atoms. The van der Waals surface area contributed by atoms with Gasteiger partial charge in [0.05, 0.1) is 0 Å². The summed E-state index contributed by atoms with van der Waals surface area (Å²) in [6.45, 7) is 0.594. The molecule has 0 aromatic rings. The second-order valence-corrected chi connectivity index (χ2v) is 9.94. The molecule has 0 amide bonds. The van der Waals surface area contributed by atoms with E-state index >= 15 is 0 Å². The molecule has 21 heavy (non-hydrogen) atoms. The van der Waals surface area contributed by atoms with E-state index in [9.17, 15) is 14.2 Å². The van der Waals surface area contributed by atoms with E-state index in [-0.39, 0.29) is 0 Å². The van der Waals surface area contributed by atoms with Gasteiger partial charge in [-0.05, 0) is 43.9 Å². The second-order valence-electron chi connectivity index (χ2n) is 5.48. The largest absolute Gasteiger partial charge is 0.369 e. The van der Waals surface area contributed by atoms with Crippen LogP contribution in [0.4, 0.5) is 0 Å². The van der Waals surface area contributed by atoms with E-state index in [1.807, 2.05) is 0 Å². The molecule has 8 nitrogen and oxygen atoms in total. The van der Waals surface area contributed by atoms with E-state index in [1.165, 1.54) is 0 Å². The maximum atomic E-state index is 11.3. The Labute approximate surface area is 129 Å². The topological polar surface area (TPSA) is 147 Å². The summed E-state index contributed by atoms with van der Waals surface area (Å²) < 4.78 is 22.6. The molecule has 1 saturated heterocycles. The first kappa shape index (κ1) is 19.6. The lowest BCUT2D eigenvalue weighted by atomic mass is 9.90. The summed E-state index contributed by atoms with van der Waals surface area (Å²) in [6.07, 6.45) is 2.55. The standard InChI is InChI=1S/C10H23NO7P2S/c12-10(19(13,14)15,20(16,17)18)6-9-4-3-8(7-11-9)2-1-5-21/h8-9,11-12,21H,1-7H2,(H2,13,14,15)(H2,16,17,18). The van der Waals surface area contributed by atoms with Gasteiger partial charge in [-0.25, -0.2) is 0 Å². The Hall–Kier alpha value is 0.570. The molecular formula is C10H23NO7P2S. The zero-order chi connectivity index (χ0) is 16.3. The van der Waals surface area contributed by atoms with Crippen molar-refractivity contribution in [2.75, 3.05) is 12.3 Å². The summed E-state index contributed by atoms with van der Waals surface area (Å²) in [6, 6.07) is -0.539. The zero-order valence-electron chi connectivity index (χ0n) is 11.5. The summed E-state index contributed by atoms with van der Waals surface area (Å²) >= 11 is 4.13. The summed E-state index contributed by atoms with van der Waals surface area (Å²) in [4.78, 5) is 36.4. The number of rotatable bonds is 7. The Morgan fingerprint density at radius 3 is 2.10 bits per heavy atom. The molecule has 1 aliphatic rings. The van der Waals surface area contributed by atoms with Crippen LogP contribution in [-0.2, 0) is 9.13 Å². The normalized spacial score (nSPS) is 25.0. The van der Waals surface area contributed by atoms with Crippen LogP contribution in [0.25, 0.3) is 0 Å². The molecule has 0 aromatic carbocycles. The lowest BCUT2D eigenvalue weighted by molar-refractivity contribution is 0.104. The number of nitrogens with one attached hydrogen (secondary N) is 1. The SMILES string of the molecule is O=P(O)(O)C(O)(CC1CCC(CCCS)CN1)P(=O)(O)O. The van der Waals surface area contributed by atoms with Gasteiger partial charge in [0.1, 0.15) is 0 Å². The molecule has 126 valence electrons. The first-order valence-electron chi connectivity index (χ1n) is 6.69. The molecule has 0 aliphatic carbocycles. The Morgan fingerprint density at radius 2 is 1.71 bits per heavy atom. The Morgan fingerprint density at radius 1 is 1.14 bits per heavy atom. The fraction of sp³-hybridized carbons (Fsp3) is 1.00. The van der Waals surface area contributed by atoms with Crippen molar-refractivity contribution in [3.8, 4) is 0 Å². The Kier molecular flexibility index (Phi) is 6.94. The predicted molar refractivity (Wildman–Crippen MR) is 81.3 cm³/mol. The second kappa shape index (κ2) is 7.43. The third kappa shape index (κ3) is 5.03. The van der Waals surface area contributed by atoms with Gasteiger partial charge in [-0.1, -0.05) is 0 Å². The molecule has 0 saturated carbocycles. The molecule has 0 radical (unpaired) electrons. The minimum absolute atomic E-state index is 0.409. The highest BCUT2D eigenvalue weighted by atomic mass is 32.1. The molecule has 1 fully saturated rings.